The monoisotopic (exact) mass is 473 g/mol. The van der Waals surface area contributed by atoms with Gasteiger partial charge in [0, 0.05) is 18.5 Å². The number of aromatic nitrogens is 2. The molecule has 4 aromatic rings. The van der Waals surface area contributed by atoms with Crippen LogP contribution in [0.25, 0.3) is 5.69 Å². The molecule has 6 nitrogen and oxygen atoms in total. The molecule has 0 aliphatic rings. The third kappa shape index (κ3) is 5.87. The highest BCUT2D eigenvalue weighted by Crippen LogP contribution is 2.33. The lowest BCUT2D eigenvalue weighted by molar-refractivity contribution is -0.121. The molecule has 0 unspecified atom stereocenters. The average molecular weight is 474 g/mol. The largest absolute Gasteiger partial charge is 0.497 e. The van der Waals surface area contributed by atoms with Gasteiger partial charge in [0.1, 0.15) is 5.75 Å². The molecule has 3 aromatic carbocycles. The predicted octanol–water partition coefficient (Wildman–Crippen LogP) is 5.62. The second-order valence-corrected chi connectivity index (χ2v) is 7.99. The molecular weight excluding hydrogens is 445 g/mol. The zero-order valence-electron chi connectivity index (χ0n) is 19.8. The molecule has 1 N–H and O–H groups in total. The Balaban J connectivity index is 1.61. The number of halogens is 1. The summed E-state index contributed by atoms with van der Waals surface area (Å²) in [5.74, 6) is 0.653. The van der Waals surface area contributed by atoms with Crippen LogP contribution < -0.4 is 14.8 Å². The van der Waals surface area contributed by atoms with Crippen molar-refractivity contribution in [1.82, 2.24) is 15.1 Å². The van der Waals surface area contributed by atoms with E-state index in [-0.39, 0.29) is 18.1 Å². The number of amides is 1. The number of rotatable bonds is 10. The first-order valence-corrected chi connectivity index (χ1v) is 11.6. The summed E-state index contributed by atoms with van der Waals surface area (Å²) in [6, 6.07) is 23.4. The van der Waals surface area contributed by atoms with Crippen molar-refractivity contribution in [3.05, 3.63) is 102 Å². The molecule has 0 radical (unpaired) electrons. The van der Waals surface area contributed by atoms with Gasteiger partial charge in [0.05, 0.1) is 18.5 Å². The second kappa shape index (κ2) is 11.3. The number of hydrogen-bond donors (Lipinski definition) is 1. The van der Waals surface area contributed by atoms with Crippen LogP contribution in [0.3, 0.4) is 0 Å². The van der Waals surface area contributed by atoms with Crippen LogP contribution in [0.2, 0.25) is 0 Å². The van der Waals surface area contributed by atoms with E-state index in [2.05, 4.69) is 5.32 Å². The highest BCUT2D eigenvalue weighted by Gasteiger charge is 2.22. The number of ether oxygens (including phenoxy) is 2. The fourth-order valence-electron chi connectivity index (χ4n) is 3.77. The van der Waals surface area contributed by atoms with Crippen LogP contribution in [0.4, 0.5) is 4.39 Å². The van der Waals surface area contributed by atoms with Gasteiger partial charge in [0.15, 0.2) is 11.6 Å². The van der Waals surface area contributed by atoms with Crippen molar-refractivity contribution in [2.75, 3.05) is 7.11 Å². The minimum absolute atomic E-state index is 0.0788. The fraction of sp³-hybridized carbons (Fsp3) is 0.214. The zero-order chi connectivity index (χ0) is 24.6. The van der Waals surface area contributed by atoms with Crippen molar-refractivity contribution in [2.45, 2.75) is 32.7 Å². The topological polar surface area (TPSA) is 65.4 Å². The number of nitrogens with one attached hydrogen (secondary N) is 1. The molecule has 0 fully saturated rings. The summed E-state index contributed by atoms with van der Waals surface area (Å²) in [5, 5.41) is 7.70. The quantitative estimate of drug-likeness (QED) is 0.325. The standard InChI is InChI=1S/C28H28FN3O3/c1-3-25-23(17-18-27(33)30-19-20-9-5-4-6-10-20)28(35-26-12-8-7-11-24(26)29)32(31-25)21-13-15-22(34-2)16-14-21/h4-16H,3,17-19H2,1-2H3,(H,30,33). The van der Waals surface area contributed by atoms with E-state index < -0.39 is 5.82 Å². The Morgan fingerprint density at radius 1 is 1.00 bits per heavy atom. The molecule has 0 spiro atoms. The van der Waals surface area contributed by atoms with E-state index >= 15 is 0 Å². The molecule has 4 rings (SSSR count). The molecule has 35 heavy (non-hydrogen) atoms. The van der Waals surface area contributed by atoms with Crippen molar-refractivity contribution in [1.29, 1.82) is 0 Å². The Hall–Kier alpha value is -4.13. The molecule has 0 bridgehead atoms. The minimum Gasteiger partial charge on any atom is -0.497 e. The van der Waals surface area contributed by atoms with E-state index in [1.165, 1.54) is 6.07 Å². The number of nitrogens with zero attached hydrogens (tertiary/aromatic N) is 2. The van der Waals surface area contributed by atoms with E-state index in [4.69, 9.17) is 14.6 Å². The second-order valence-electron chi connectivity index (χ2n) is 7.99. The van der Waals surface area contributed by atoms with Gasteiger partial charge in [-0.05, 0) is 54.8 Å². The van der Waals surface area contributed by atoms with E-state index in [0.29, 0.717) is 31.0 Å². The van der Waals surface area contributed by atoms with E-state index in [9.17, 15) is 9.18 Å². The van der Waals surface area contributed by atoms with Crippen molar-refractivity contribution in [3.63, 3.8) is 0 Å². The minimum atomic E-state index is -0.473. The highest BCUT2D eigenvalue weighted by atomic mass is 19.1. The maximum atomic E-state index is 14.5. The van der Waals surface area contributed by atoms with E-state index in [1.807, 2.05) is 61.5 Å². The van der Waals surface area contributed by atoms with Crippen LogP contribution in [-0.4, -0.2) is 22.8 Å². The van der Waals surface area contributed by atoms with Gasteiger partial charge in [-0.1, -0.05) is 49.4 Å². The van der Waals surface area contributed by atoms with Gasteiger partial charge in [0.25, 0.3) is 0 Å². The van der Waals surface area contributed by atoms with Crippen LogP contribution in [0.1, 0.15) is 30.2 Å². The molecule has 1 aromatic heterocycles. The van der Waals surface area contributed by atoms with Crippen molar-refractivity contribution in [3.8, 4) is 23.1 Å². The first kappa shape index (κ1) is 24.0. The average Bonchev–Trinajstić information content (AvgIpc) is 3.25. The Morgan fingerprint density at radius 2 is 1.71 bits per heavy atom. The lowest BCUT2D eigenvalue weighted by Crippen LogP contribution is -2.23. The third-order valence-electron chi connectivity index (χ3n) is 5.65. The summed E-state index contributed by atoms with van der Waals surface area (Å²) >= 11 is 0. The van der Waals surface area contributed by atoms with Crippen LogP contribution >= 0.6 is 0 Å². The van der Waals surface area contributed by atoms with Crippen molar-refractivity contribution >= 4 is 5.91 Å². The maximum Gasteiger partial charge on any atom is 0.226 e. The van der Waals surface area contributed by atoms with Gasteiger partial charge < -0.3 is 14.8 Å². The molecule has 7 heteroatoms. The summed E-state index contributed by atoms with van der Waals surface area (Å²) in [4.78, 5) is 12.6. The van der Waals surface area contributed by atoms with Crippen LogP contribution in [0, 0.1) is 5.82 Å². The van der Waals surface area contributed by atoms with Gasteiger partial charge in [-0.2, -0.15) is 5.10 Å². The smallest absolute Gasteiger partial charge is 0.226 e. The van der Waals surface area contributed by atoms with Crippen LogP contribution in [-0.2, 0) is 24.2 Å². The van der Waals surface area contributed by atoms with Gasteiger partial charge in [0.2, 0.25) is 11.8 Å². The lowest BCUT2D eigenvalue weighted by atomic mass is 10.1. The molecule has 0 saturated carbocycles. The molecule has 1 heterocycles. The van der Waals surface area contributed by atoms with Crippen LogP contribution in [0.5, 0.6) is 17.4 Å². The summed E-state index contributed by atoms with van der Waals surface area (Å²) < 4.78 is 27.5. The molecule has 0 aliphatic carbocycles. The Bertz CT molecular complexity index is 1270. The van der Waals surface area contributed by atoms with Crippen molar-refractivity contribution in [2.24, 2.45) is 0 Å². The normalized spacial score (nSPS) is 10.7. The number of aryl methyl sites for hydroxylation is 1. The first-order valence-electron chi connectivity index (χ1n) is 11.6. The number of carbonyl (C=O) groups is 1. The summed E-state index contributed by atoms with van der Waals surface area (Å²) in [7, 11) is 1.60. The predicted molar refractivity (Wildman–Crippen MR) is 133 cm³/mol. The first-order chi connectivity index (χ1) is 17.1. The SMILES string of the molecule is CCc1nn(-c2ccc(OC)cc2)c(Oc2ccccc2F)c1CCC(=O)NCc1ccccc1. The summed E-state index contributed by atoms with van der Waals surface area (Å²) in [5.41, 5.74) is 3.35. The number of carbonyl (C=O) groups excluding carboxylic acids is 1. The van der Waals surface area contributed by atoms with E-state index in [0.717, 1.165) is 22.5 Å². The molecule has 0 atom stereocenters. The Kier molecular flexibility index (Phi) is 7.77. The van der Waals surface area contributed by atoms with E-state index in [1.54, 1.807) is 30.0 Å². The zero-order valence-corrected chi connectivity index (χ0v) is 19.8. The van der Waals surface area contributed by atoms with Gasteiger partial charge >= 0.3 is 0 Å². The number of hydrogen-bond acceptors (Lipinski definition) is 4. The lowest BCUT2D eigenvalue weighted by Gasteiger charge is -2.12. The van der Waals surface area contributed by atoms with Crippen LogP contribution in [0.15, 0.2) is 78.9 Å². The van der Waals surface area contributed by atoms with Crippen molar-refractivity contribution < 1.29 is 18.7 Å². The maximum absolute atomic E-state index is 14.5. The third-order valence-corrected chi connectivity index (χ3v) is 5.65. The molecule has 0 aliphatic heterocycles. The molecular formula is C28H28FN3O3. The summed E-state index contributed by atoms with van der Waals surface area (Å²) in [6.07, 6.45) is 1.29. The molecule has 180 valence electrons. The Morgan fingerprint density at radius 3 is 2.40 bits per heavy atom. The fourth-order valence-corrected chi connectivity index (χ4v) is 3.77. The summed E-state index contributed by atoms with van der Waals surface area (Å²) in [6.45, 7) is 2.45. The Labute approximate surface area is 204 Å². The van der Waals surface area contributed by atoms with Gasteiger partial charge in [-0.25, -0.2) is 9.07 Å². The van der Waals surface area contributed by atoms with Gasteiger partial charge in [-0.15, -0.1) is 0 Å². The van der Waals surface area contributed by atoms with Gasteiger partial charge in [-0.3, -0.25) is 4.79 Å². The molecule has 1 amide bonds. The molecule has 0 saturated heterocycles. The number of methoxy groups -OCH3 is 1. The number of benzene rings is 3. The number of para-hydroxylation sites is 1. The highest BCUT2D eigenvalue weighted by molar-refractivity contribution is 5.76.